The topological polar surface area (TPSA) is 24.5 Å². The molecule has 0 saturated heterocycles. The van der Waals surface area contributed by atoms with E-state index in [4.69, 9.17) is 4.74 Å². The third-order valence-corrected chi connectivity index (χ3v) is 4.37. The molecule has 0 aliphatic heterocycles. The first kappa shape index (κ1) is 17.9. The van der Waals surface area contributed by atoms with Crippen LogP contribution >= 0.6 is 0 Å². The van der Waals surface area contributed by atoms with Crippen molar-refractivity contribution in [2.75, 3.05) is 39.9 Å². The van der Waals surface area contributed by atoms with Crippen LogP contribution in [-0.2, 0) is 4.74 Å². The Morgan fingerprint density at radius 1 is 1.10 bits per heavy atom. The SMILES string of the molecule is COCCNCCCCN(CCC(C)C)C1CCCC1. The fourth-order valence-corrected chi connectivity index (χ4v) is 3.03. The van der Waals surface area contributed by atoms with E-state index in [-0.39, 0.29) is 0 Å². The number of methoxy groups -OCH3 is 1. The standard InChI is InChI=1S/C17H36N2O/c1-16(2)10-14-19(17-8-4-5-9-17)13-7-6-11-18-12-15-20-3/h16-18H,4-15H2,1-3H3. The predicted octanol–water partition coefficient (Wildman–Crippen LogP) is 3.29. The van der Waals surface area contributed by atoms with Crippen LogP contribution in [0.4, 0.5) is 0 Å². The quantitative estimate of drug-likeness (QED) is 0.557. The lowest BCUT2D eigenvalue weighted by Gasteiger charge is -2.29. The van der Waals surface area contributed by atoms with Crippen LogP contribution in [0.5, 0.6) is 0 Å². The van der Waals surface area contributed by atoms with E-state index in [1.807, 2.05) is 0 Å². The van der Waals surface area contributed by atoms with Crippen molar-refractivity contribution in [3.8, 4) is 0 Å². The molecule has 1 rings (SSSR count). The van der Waals surface area contributed by atoms with Crippen LogP contribution in [0.25, 0.3) is 0 Å². The number of nitrogens with one attached hydrogen (secondary N) is 1. The highest BCUT2D eigenvalue weighted by atomic mass is 16.5. The van der Waals surface area contributed by atoms with Gasteiger partial charge in [-0.1, -0.05) is 26.7 Å². The van der Waals surface area contributed by atoms with E-state index in [0.717, 1.165) is 31.7 Å². The molecular formula is C17H36N2O. The Morgan fingerprint density at radius 3 is 2.50 bits per heavy atom. The molecule has 0 bridgehead atoms. The largest absolute Gasteiger partial charge is 0.383 e. The second-order valence-electron chi connectivity index (χ2n) is 6.61. The van der Waals surface area contributed by atoms with Crippen LogP contribution in [0.2, 0.25) is 0 Å². The van der Waals surface area contributed by atoms with Crippen LogP contribution in [0.15, 0.2) is 0 Å². The zero-order valence-electron chi connectivity index (χ0n) is 14.0. The van der Waals surface area contributed by atoms with E-state index in [0.29, 0.717) is 0 Å². The van der Waals surface area contributed by atoms with Gasteiger partial charge in [-0.2, -0.15) is 0 Å². The molecule has 1 aliphatic rings. The van der Waals surface area contributed by atoms with E-state index in [1.54, 1.807) is 7.11 Å². The first-order valence-corrected chi connectivity index (χ1v) is 8.67. The third-order valence-electron chi connectivity index (χ3n) is 4.37. The van der Waals surface area contributed by atoms with Crippen LogP contribution in [0.1, 0.15) is 58.8 Å². The Labute approximate surface area is 126 Å². The number of hydrogen-bond acceptors (Lipinski definition) is 3. The molecule has 1 saturated carbocycles. The summed E-state index contributed by atoms with van der Waals surface area (Å²) in [6.07, 6.45) is 9.73. The maximum Gasteiger partial charge on any atom is 0.0587 e. The minimum atomic E-state index is 0.822. The summed E-state index contributed by atoms with van der Waals surface area (Å²) >= 11 is 0. The first-order chi connectivity index (χ1) is 9.74. The van der Waals surface area contributed by atoms with E-state index in [2.05, 4.69) is 24.1 Å². The van der Waals surface area contributed by atoms with Crippen molar-refractivity contribution in [1.82, 2.24) is 10.2 Å². The van der Waals surface area contributed by atoms with E-state index < -0.39 is 0 Å². The monoisotopic (exact) mass is 284 g/mol. The smallest absolute Gasteiger partial charge is 0.0587 e. The Bertz CT molecular complexity index is 215. The molecule has 0 aromatic heterocycles. The average Bonchev–Trinajstić information content (AvgIpc) is 2.94. The molecule has 0 aromatic carbocycles. The summed E-state index contributed by atoms with van der Waals surface area (Å²) in [4.78, 5) is 2.78. The van der Waals surface area contributed by atoms with Crippen molar-refractivity contribution < 1.29 is 4.74 Å². The summed E-state index contributed by atoms with van der Waals surface area (Å²) < 4.78 is 5.04. The van der Waals surface area contributed by atoms with Crippen molar-refractivity contribution in [3.63, 3.8) is 0 Å². The lowest BCUT2D eigenvalue weighted by Crippen LogP contribution is -2.35. The van der Waals surface area contributed by atoms with Gasteiger partial charge in [-0.05, 0) is 57.7 Å². The highest BCUT2D eigenvalue weighted by Crippen LogP contribution is 2.24. The lowest BCUT2D eigenvalue weighted by atomic mass is 10.1. The van der Waals surface area contributed by atoms with Gasteiger partial charge in [0.15, 0.2) is 0 Å². The van der Waals surface area contributed by atoms with Gasteiger partial charge >= 0.3 is 0 Å². The summed E-state index contributed by atoms with van der Waals surface area (Å²) in [7, 11) is 1.76. The fraction of sp³-hybridized carbons (Fsp3) is 1.00. The minimum Gasteiger partial charge on any atom is -0.383 e. The van der Waals surface area contributed by atoms with Crippen LogP contribution in [0, 0.1) is 5.92 Å². The van der Waals surface area contributed by atoms with Crippen LogP contribution in [-0.4, -0.2) is 50.8 Å². The maximum atomic E-state index is 5.04. The van der Waals surface area contributed by atoms with E-state index in [1.165, 1.54) is 58.0 Å². The lowest BCUT2D eigenvalue weighted by molar-refractivity contribution is 0.183. The molecule has 0 amide bonds. The fourth-order valence-electron chi connectivity index (χ4n) is 3.03. The molecule has 0 radical (unpaired) electrons. The molecule has 3 heteroatoms. The summed E-state index contributed by atoms with van der Waals surface area (Å²) in [6.45, 7) is 10.2. The van der Waals surface area contributed by atoms with Gasteiger partial charge in [0.1, 0.15) is 0 Å². The van der Waals surface area contributed by atoms with Gasteiger partial charge in [0.05, 0.1) is 6.61 Å². The van der Waals surface area contributed by atoms with E-state index in [9.17, 15) is 0 Å². The molecule has 0 heterocycles. The van der Waals surface area contributed by atoms with Gasteiger partial charge in [-0.25, -0.2) is 0 Å². The molecule has 3 nitrogen and oxygen atoms in total. The number of ether oxygens (including phenoxy) is 1. The Morgan fingerprint density at radius 2 is 1.85 bits per heavy atom. The van der Waals surface area contributed by atoms with Crippen molar-refractivity contribution >= 4 is 0 Å². The predicted molar refractivity (Wildman–Crippen MR) is 87.3 cm³/mol. The van der Waals surface area contributed by atoms with Gasteiger partial charge in [0.2, 0.25) is 0 Å². The maximum absolute atomic E-state index is 5.04. The summed E-state index contributed by atoms with van der Waals surface area (Å²) in [5.74, 6) is 0.828. The Balaban J connectivity index is 2.12. The summed E-state index contributed by atoms with van der Waals surface area (Å²) in [6, 6.07) is 0.884. The van der Waals surface area contributed by atoms with Crippen LogP contribution < -0.4 is 5.32 Å². The van der Waals surface area contributed by atoms with E-state index >= 15 is 0 Å². The molecule has 1 N–H and O–H groups in total. The molecule has 120 valence electrons. The van der Waals surface area contributed by atoms with Gasteiger partial charge < -0.3 is 15.0 Å². The zero-order chi connectivity index (χ0) is 14.6. The minimum absolute atomic E-state index is 0.822. The highest BCUT2D eigenvalue weighted by Gasteiger charge is 2.21. The van der Waals surface area contributed by atoms with Gasteiger partial charge in [-0.15, -0.1) is 0 Å². The molecule has 0 atom stereocenters. The van der Waals surface area contributed by atoms with Crippen LogP contribution in [0.3, 0.4) is 0 Å². The zero-order valence-corrected chi connectivity index (χ0v) is 14.0. The first-order valence-electron chi connectivity index (χ1n) is 8.67. The number of nitrogens with zero attached hydrogens (tertiary/aromatic N) is 1. The molecule has 0 aromatic rings. The highest BCUT2D eigenvalue weighted by molar-refractivity contribution is 4.77. The summed E-state index contributed by atoms with van der Waals surface area (Å²) in [5.41, 5.74) is 0. The Hall–Kier alpha value is -0.120. The molecule has 0 unspecified atom stereocenters. The molecule has 0 spiro atoms. The number of hydrogen-bond donors (Lipinski definition) is 1. The number of rotatable bonds is 12. The third kappa shape index (κ3) is 8.23. The second-order valence-corrected chi connectivity index (χ2v) is 6.61. The van der Waals surface area contributed by atoms with Crippen molar-refractivity contribution in [1.29, 1.82) is 0 Å². The molecule has 20 heavy (non-hydrogen) atoms. The summed E-state index contributed by atoms with van der Waals surface area (Å²) in [5, 5.41) is 3.44. The van der Waals surface area contributed by atoms with Gasteiger partial charge in [0, 0.05) is 19.7 Å². The van der Waals surface area contributed by atoms with Crippen molar-refractivity contribution in [2.24, 2.45) is 5.92 Å². The van der Waals surface area contributed by atoms with Gasteiger partial charge in [0.25, 0.3) is 0 Å². The second kappa shape index (κ2) is 11.5. The molecule has 1 aliphatic carbocycles. The average molecular weight is 284 g/mol. The number of unbranched alkanes of at least 4 members (excludes halogenated alkanes) is 1. The molecular weight excluding hydrogens is 248 g/mol. The van der Waals surface area contributed by atoms with Crippen molar-refractivity contribution in [3.05, 3.63) is 0 Å². The van der Waals surface area contributed by atoms with Crippen molar-refractivity contribution in [2.45, 2.75) is 64.8 Å². The molecule has 1 fully saturated rings. The normalized spacial score (nSPS) is 16.6. The Kier molecular flexibility index (Phi) is 10.3. The van der Waals surface area contributed by atoms with Gasteiger partial charge in [-0.3, -0.25) is 0 Å².